The molecule has 28 heavy (non-hydrogen) atoms. The first-order valence-corrected chi connectivity index (χ1v) is 9.25. The third kappa shape index (κ3) is 2.87. The Bertz CT molecular complexity index is 1060. The number of pyridine rings is 1. The summed E-state index contributed by atoms with van der Waals surface area (Å²) in [6.07, 6.45) is 2.57. The maximum absolute atomic E-state index is 13.6. The number of rotatable bonds is 3. The lowest BCUT2D eigenvalue weighted by Crippen LogP contribution is -2.21. The Kier molecular flexibility index (Phi) is 3.96. The van der Waals surface area contributed by atoms with Crippen LogP contribution in [0.4, 0.5) is 14.6 Å². The fraction of sp³-hybridized carbons (Fsp3) is 0.286. The van der Waals surface area contributed by atoms with Crippen LogP contribution in [0.15, 0.2) is 53.9 Å². The van der Waals surface area contributed by atoms with E-state index in [-0.39, 0.29) is 13.1 Å². The van der Waals surface area contributed by atoms with Crippen molar-refractivity contribution in [3.8, 4) is 11.1 Å². The molecular weight excluding hydrogens is 360 g/mol. The number of halogens is 2. The molecular formula is C21H19F2N5. The van der Waals surface area contributed by atoms with Gasteiger partial charge in [-0.25, -0.2) is 13.8 Å². The Morgan fingerprint density at radius 2 is 1.82 bits per heavy atom. The fourth-order valence-corrected chi connectivity index (χ4v) is 3.83. The molecule has 7 heteroatoms. The van der Waals surface area contributed by atoms with E-state index in [1.54, 1.807) is 15.8 Å². The number of hydrogen-bond acceptors (Lipinski definition) is 4. The predicted octanol–water partition coefficient (Wildman–Crippen LogP) is 3.33. The first-order valence-electron chi connectivity index (χ1n) is 9.25. The Hall–Kier alpha value is -3.09. The van der Waals surface area contributed by atoms with Crippen molar-refractivity contribution in [3.05, 3.63) is 65.6 Å². The Labute approximate surface area is 161 Å². The van der Waals surface area contributed by atoms with Crippen molar-refractivity contribution in [1.82, 2.24) is 14.8 Å². The molecule has 1 saturated heterocycles. The summed E-state index contributed by atoms with van der Waals surface area (Å²) >= 11 is 0. The van der Waals surface area contributed by atoms with Crippen LogP contribution in [0.2, 0.25) is 0 Å². The van der Waals surface area contributed by atoms with Gasteiger partial charge < -0.3 is 4.90 Å². The van der Waals surface area contributed by atoms with E-state index in [4.69, 9.17) is 4.99 Å². The highest BCUT2D eigenvalue weighted by Gasteiger charge is 2.33. The second kappa shape index (κ2) is 6.51. The van der Waals surface area contributed by atoms with E-state index in [1.165, 1.54) is 0 Å². The average molecular weight is 379 g/mol. The zero-order valence-electron chi connectivity index (χ0n) is 15.4. The van der Waals surface area contributed by atoms with Crippen molar-refractivity contribution in [1.29, 1.82) is 0 Å². The van der Waals surface area contributed by atoms with Crippen molar-refractivity contribution in [2.75, 3.05) is 18.0 Å². The molecule has 4 heterocycles. The molecule has 5 rings (SSSR count). The Balaban J connectivity index is 1.49. The monoisotopic (exact) mass is 379 g/mol. The van der Waals surface area contributed by atoms with E-state index < -0.39 is 12.3 Å². The Morgan fingerprint density at radius 1 is 1.00 bits per heavy atom. The van der Waals surface area contributed by atoms with E-state index in [0.717, 1.165) is 33.5 Å². The van der Waals surface area contributed by atoms with Crippen LogP contribution in [-0.4, -0.2) is 45.9 Å². The number of aryl methyl sites for hydroxylation is 1. The summed E-state index contributed by atoms with van der Waals surface area (Å²) in [5, 5.41) is 4.24. The van der Waals surface area contributed by atoms with Crippen LogP contribution in [0.1, 0.15) is 16.7 Å². The van der Waals surface area contributed by atoms with Crippen LogP contribution in [0.5, 0.6) is 0 Å². The summed E-state index contributed by atoms with van der Waals surface area (Å²) in [6.45, 7) is 0.691. The molecule has 0 spiro atoms. The molecule has 0 bridgehead atoms. The Morgan fingerprint density at radius 3 is 2.57 bits per heavy atom. The normalized spacial score (nSPS) is 21.1. The fourth-order valence-electron chi connectivity index (χ4n) is 3.83. The first-order chi connectivity index (χ1) is 13.6. The van der Waals surface area contributed by atoms with Gasteiger partial charge in [0.25, 0.3) is 0 Å². The zero-order chi connectivity index (χ0) is 19.3. The highest BCUT2D eigenvalue weighted by molar-refractivity contribution is 6.15. The molecule has 2 aliphatic rings. The van der Waals surface area contributed by atoms with Gasteiger partial charge in [0.2, 0.25) is 0 Å². The third-order valence-electron chi connectivity index (χ3n) is 5.34. The number of alkyl halides is 2. The van der Waals surface area contributed by atoms with Crippen LogP contribution < -0.4 is 4.90 Å². The highest BCUT2D eigenvalue weighted by atomic mass is 19.2. The van der Waals surface area contributed by atoms with Crippen molar-refractivity contribution in [3.63, 3.8) is 0 Å². The van der Waals surface area contributed by atoms with Crippen LogP contribution in [0, 0.1) is 0 Å². The molecule has 2 aromatic heterocycles. The van der Waals surface area contributed by atoms with Crippen molar-refractivity contribution < 1.29 is 8.78 Å². The molecule has 2 atom stereocenters. The lowest BCUT2D eigenvalue weighted by atomic mass is 9.96. The number of aliphatic imine (C=N–C) groups is 1. The standard InChI is InChI=1S/C21H19F2N5/c1-27-10-16(9-26-27)13-2-3-15-8-25-21(17(15)6-13)14-4-5-24-20(7-14)28-11-18(22)19(23)12-28/h2-7,9-10,18-19H,8,11-12H2,1H3/t18-,19-/m0/s1. The number of fused-ring (bicyclic) bond motifs is 1. The quantitative estimate of drug-likeness (QED) is 0.701. The largest absolute Gasteiger partial charge is 0.351 e. The van der Waals surface area contributed by atoms with Gasteiger partial charge in [0.15, 0.2) is 12.3 Å². The maximum Gasteiger partial charge on any atom is 0.150 e. The summed E-state index contributed by atoms with van der Waals surface area (Å²) < 4.78 is 28.9. The minimum absolute atomic E-state index is 0.0336. The van der Waals surface area contributed by atoms with Gasteiger partial charge in [-0.05, 0) is 29.3 Å². The van der Waals surface area contributed by atoms with E-state index in [0.29, 0.717) is 12.4 Å². The average Bonchev–Trinajstić information content (AvgIpc) is 3.40. The lowest BCUT2D eigenvalue weighted by Gasteiger charge is -2.17. The van der Waals surface area contributed by atoms with E-state index >= 15 is 0 Å². The van der Waals surface area contributed by atoms with Gasteiger partial charge in [-0.3, -0.25) is 9.67 Å². The second-order valence-corrected chi connectivity index (χ2v) is 7.28. The minimum Gasteiger partial charge on any atom is -0.351 e. The van der Waals surface area contributed by atoms with Crippen LogP contribution >= 0.6 is 0 Å². The minimum atomic E-state index is -1.46. The van der Waals surface area contributed by atoms with Crippen molar-refractivity contribution >= 4 is 11.5 Å². The summed E-state index contributed by atoms with van der Waals surface area (Å²) in [4.78, 5) is 10.7. The molecule has 0 N–H and O–H groups in total. The number of nitrogens with zero attached hydrogens (tertiary/aromatic N) is 5. The van der Waals surface area contributed by atoms with Crippen LogP contribution in [-0.2, 0) is 13.6 Å². The topological polar surface area (TPSA) is 46.3 Å². The van der Waals surface area contributed by atoms with E-state index in [1.807, 2.05) is 31.6 Å². The predicted molar refractivity (Wildman–Crippen MR) is 104 cm³/mol. The van der Waals surface area contributed by atoms with Gasteiger partial charge in [0.1, 0.15) is 5.82 Å². The maximum atomic E-state index is 13.6. The number of anilines is 1. The van der Waals surface area contributed by atoms with Gasteiger partial charge in [0, 0.05) is 36.1 Å². The first kappa shape index (κ1) is 17.0. The molecule has 0 amide bonds. The molecule has 0 aliphatic carbocycles. The molecule has 1 fully saturated rings. The number of hydrogen-bond donors (Lipinski definition) is 0. The molecule has 0 unspecified atom stereocenters. The van der Waals surface area contributed by atoms with Crippen LogP contribution in [0.3, 0.4) is 0 Å². The summed E-state index contributed by atoms with van der Waals surface area (Å²) in [5.41, 5.74) is 6.16. The smallest absolute Gasteiger partial charge is 0.150 e. The molecule has 3 aromatic rings. The summed E-state index contributed by atoms with van der Waals surface area (Å²) in [7, 11) is 1.89. The molecule has 1 aromatic carbocycles. The summed E-state index contributed by atoms with van der Waals surface area (Å²) in [5.74, 6) is 0.583. The molecule has 5 nitrogen and oxygen atoms in total. The van der Waals surface area contributed by atoms with E-state index in [9.17, 15) is 8.78 Å². The van der Waals surface area contributed by atoms with Crippen molar-refractivity contribution in [2.45, 2.75) is 18.9 Å². The van der Waals surface area contributed by atoms with E-state index in [2.05, 4.69) is 28.3 Å². The second-order valence-electron chi connectivity index (χ2n) is 7.28. The van der Waals surface area contributed by atoms with Gasteiger partial charge in [-0.15, -0.1) is 0 Å². The SMILES string of the molecule is Cn1cc(-c2ccc3c(c2)C(c2ccnc(N4C[C@H](F)[C@@H](F)C4)c2)=NC3)cn1. The van der Waals surface area contributed by atoms with Gasteiger partial charge in [-0.2, -0.15) is 5.10 Å². The van der Waals surface area contributed by atoms with Crippen LogP contribution in [0.25, 0.3) is 11.1 Å². The summed E-state index contributed by atoms with van der Waals surface area (Å²) in [6, 6.07) is 10.1. The lowest BCUT2D eigenvalue weighted by molar-refractivity contribution is 0.217. The molecule has 2 aliphatic heterocycles. The third-order valence-corrected chi connectivity index (χ3v) is 5.34. The van der Waals surface area contributed by atoms with Gasteiger partial charge >= 0.3 is 0 Å². The van der Waals surface area contributed by atoms with Gasteiger partial charge in [0.05, 0.1) is 31.5 Å². The molecule has 142 valence electrons. The number of benzene rings is 1. The number of aromatic nitrogens is 3. The van der Waals surface area contributed by atoms with Crippen molar-refractivity contribution in [2.24, 2.45) is 12.0 Å². The van der Waals surface area contributed by atoms with Gasteiger partial charge in [-0.1, -0.05) is 12.1 Å². The zero-order valence-corrected chi connectivity index (χ0v) is 15.4. The molecule has 0 saturated carbocycles. The highest BCUT2D eigenvalue weighted by Crippen LogP contribution is 2.30. The molecule has 0 radical (unpaired) electrons.